The molecule has 156 valence electrons. The zero-order valence-corrected chi connectivity index (χ0v) is 20.4. The van der Waals surface area contributed by atoms with Gasteiger partial charge in [-0.15, -0.1) is 35.3 Å². The second-order valence-electron chi connectivity index (χ2n) is 6.69. The maximum atomic E-state index is 11.8. The van der Waals surface area contributed by atoms with Gasteiger partial charge in [-0.2, -0.15) is 5.10 Å². The third kappa shape index (κ3) is 7.42. The van der Waals surface area contributed by atoms with Crippen LogP contribution in [0.1, 0.15) is 28.2 Å². The lowest BCUT2D eigenvalue weighted by atomic mass is 10.1. The molecule has 0 spiro atoms. The zero-order valence-electron chi connectivity index (χ0n) is 17.3. The fraction of sp³-hybridized carbons (Fsp3) is 0.526. The van der Waals surface area contributed by atoms with Crippen molar-refractivity contribution in [2.75, 3.05) is 27.2 Å². The Morgan fingerprint density at radius 1 is 1.32 bits per heavy atom. The molecule has 2 rings (SSSR count). The Kier molecular flexibility index (Phi) is 10.5. The zero-order chi connectivity index (χ0) is 19.8. The number of aromatic nitrogens is 2. The van der Waals surface area contributed by atoms with E-state index < -0.39 is 0 Å². The lowest BCUT2D eigenvalue weighted by molar-refractivity contribution is -0.127. The molecule has 0 atom stereocenters. The highest BCUT2D eigenvalue weighted by atomic mass is 127. The first kappa shape index (κ1) is 24.4. The number of carbonyl (C=O) groups excluding carboxylic acids is 1. The van der Waals surface area contributed by atoms with Gasteiger partial charge in [-0.05, 0) is 43.7 Å². The van der Waals surface area contributed by atoms with Crippen molar-refractivity contribution in [2.45, 2.75) is 33.2 Å². The molecule has 2 aromatic heterocycles. The molecular formula is C19H31IN6OS. The summed E-state index contributed by atoms with van der Waals surface area (Å²) in [5.74, 6) is 0.645. The Hall–Kier alpha value is -1.62. The Bertz CT molecular complexity index is 770. The summed E-state index contributed by atoms with van der Waals surface area (Å²) in [4.78, 5) is 19.0. The highest BCUT2D eigenvalue weighted by Crippen LogP contribution is 2.13. The van der Waals surface area contributed by atoms with Gasteiger partial charge >= 0.3 is 0 Å². The third-order valence-corrected chi connectivity index (χ3v) is 5.31. The van der Waals surface area contributed by atoms with Gasteiger partial charge in [-0.1, -0.05) is 6.07 Å². The lowest BCUT2D eigenvalue weighted by Gasteiger charge is -2.13. The summed E-state index contributed by atoms with van der Waals surface area (Å²) in [7, 11) is 5.45. The summed E-state index contributed by atoms with van der Waals surface area (Å²) in [6.45, 7) is 5.76. The smallest absolute Gasteiger partial charge is 0.243 e. The fourth-order valence-electron chi connectivity index (χ4n) is 2.70. The molecule has 0 saturated heterocycles. The third-order valence-electron chi connectivity index (χ3n) is 4.44. The predicted octanol–water partition coefficient (Wildman–Crippen LogP) is 2.47. The Morgan fingerprint density at radius 3 is 2.64 bits per heavy atom. The van der Waals surface area contributed by atoms with Crippen LogP contribution in [0.3, 0.4) is 0 Å². The van der Waals surface area contributed by atoms with E-state index in [-0.39, 0.29) is 36.4 Å². The molecule has 0 aliphatic carbocycles. The summed E-state index contributed by atoms with van der Waals surface area (Å²) >= 11 is 1.70. The molecule has 0 aliphatic rings. The highest BCUT2D eigenvalue weighted by molar-refractivity contribution is 14.0. The molecule has 0 aliphatic heterocycles. The summed E-state index contributed by atoms with van der Waals surface area (Å²) in [6.07, 6.45) is 1.93. The molecular weight excluding hydrogens is 487 g/mol. The van der Waals surface area contributed by atoms with Crippen LogP contribution in [0.15, 0.2) is 22.5 Å². The second kappa shape index (κ2) is 12.1. The molecule has 0 saturated carbocycles. The van der Waals surface area contributed by atoms with Crippen LogP contribution >= 0.6 is 35.3 Å². The number of thiophene rings is 1. The van der Waals surface area contributed by atoms with Crippen LogP contribution in [0.25, 0.3) is 0 Å². The minimum absolute atomic E-state index is 0. The van der Waals surface area contributed by atoms with E-state index in [1.54, 1.807) is 30.3 Å². The number of hydrogen-bond donors (Lipinski definition) is 2. The average Bonchev–Trinajstić information content (AvgIpc) is 3.22. The molecule has 2 N–H and O–H groups in total. The largest absolute Gasteiger partial charge is 0.356 e. The van der Waals surface area contributed by atoms with Gasteiger partial charge in [0, 0.05) is 38.3 Å². The summed E-state index contributed by atoms with van der Waals surface area (Å²) in [5, 5.41) is 13.2. The van der Waals surface area contributed by atoms with E-state index in [0.29, 0.717) is 12.5 Å². The number of nitrogens with zero attached hydrogens (tertiary/aromatic N) is 4. The minimum Gasteiger partial charge on any atom is -0.356 e. The van der Waals surface area contributed by atoms with Gasteiger partial charge in [0.05, 0.1) is 12.2 Å². The van der Waals surface area contributed by atoms with Crippen LogP contribution in [-0.4, -0.2) is 53.7 Å². The molecule has 7 nitrogen and oxygen atoms in total. The highest BCUT2D eigenvalue weighted by Gasteiger charge is 2.09. The second-order valence-corrected chi connectivity index (χ2v) is 7.72. The first-order valence-electron chi connectivity index (χ1n) is 9.12. The van der Waals surface area contributed by atoms with Gasteiger partial charge in [-0.25, -0.2) is 4.99 Å². The van der Waals surface area contributed by atoms with Crippen LogP contribution < -0.4 is 10.6 Å². The summed E-state index contributed by atoms with van der Waals surface area (Å²) in [5.41, 5.74) is 3.62. The number of hydrogen-bond acceptors (Lipinski definition) is 4. The Labute approximate surface area is 188 Å². The molecule has 2 heterocycles. The predicted molar refractivity (Wildman–Crippen MR) is 127 cm³/mol. The number of carbonyl (C=O) groups is 1. The van der Waals surface area contributed by atoms with Gasteiger partial charge in [0.2, 0.25) is 5.91 Å². The van der Waals surface area contributed by atoms with E-state index in [9.17, 15) is 4.79 Å². The van der Waals surface area contributed by atoms with E-state index in [0.717, 1.165) is 25.1 Å². The number of nitrogens with one attached hydrogen (secondary N) is 2. The van der Waals surface area contributed by atoms with E-state index in [2.05, 4.69) is 46.0 Å². The quantitative estimate of drug-likeness (QED) is 0.244. The molecule has 0 radical (unpaired) electrons. The van der Waals surface area contributed by atoms with Crippen molar-refractivity contribution in [1.82, 2.24) is 25.3 Å². The van der Waals surface area contributed by atoms with Gasteiger partial charge in [-0.3, -0.25) is 9.48 Å². The molecule has 0 unspecified atom stereocenters. The molecule has 0 fully saturated rings. The SMILES string of the molecule is Cc1nn(C)c(C)c1CCCNC(=NCC(=O)N(C)C)NCc1cccs1.I. The first-order valence-corrected chi connectivity index (χ1v) is 10.00. The fourth-order valence-corrected chi connectivity index (χ4v) is 3.34. The van der Waals surface area contributed by atoms with Gasteiger partial charge in [0.25, 0.3) is 0 Å². The van der Waals surface area contributed by atoms with Crippen molar-refractivity contribution >= 4 is 47.2 Å². The van der Waals surface area contributed by atoms with Gasteiger partial charge in [0.1, 0.15) is 6.54 Å². The van der Waals surface area contributed by atoms with Crippen molar-refractivity contribution in [3.63, 3.8) is 0 Å². The van der Waals surface area contributed by atoms with Crippen molar-refractivity contribution in [3.05, 3.63) is 39.3 Å². The van der Waals surface area contributed by atoms with Crippen LogP contribution in [0.5, 0.6) is 0 Å². The number of amides is 1. The Morgan fingerprint density at radius 2 is 2.07 bits per heavy atom. The van der Waals surface area contributed by atoms with Crippen LogP contribution in [0.4, 0.5) is 0 Å². The topological polar surface area (TPSA) is 74.5 Å². The molecule has 0 aromatic carbocycles. The molecule has 0 bridgehead atoms. The maximum absolute atomic E-state index is 11.8. The van der Waals surface area contributed by atoms with E-state index >= 15 is 0 Å². The molecule has 2 aromatic rings. The van der Waals surface area contributed by atoms with Gasteiger partial charge < -0.3 is 15.5 Å². The van der Waals surface area contributed by atoms with Crippen LogP contribution in [0.2, 0.25) is 0 Å². The van der Waals surface area contributed by atoms with Gasteiger partial charge in [0.15, 0.2) is 5.96 Å². The Balaban J connectivity index is 0.00000392. The monoisotopic (exact) mass is 518 g/mol. The molecule has 9 heteroatoms. The number of aryl methyl sites for hydroxylation is 2. The van der Waals surface area contributed by atoms with Crippen molar-refractivity contribution in [1.29, 1.82) is 0 Å². The van der Waals surface area contributed by atoms with E-state index in [1.165, 1.54) is 16.1 Å². The standard InChI is InChI=1S/C19H30N6OS.HI/c1-14-17(15(2)25(5)23-14)9-6-10-20-19(22-13-18(26)24(3)4)21-12-16-8-7-11-27-16;/h7-8,11H,6,9-10,12-13H2,1-5H3,(H2,20,21,22);1H. The number of aliphatic imine (C=N–C) groups is 1. The van der Waals surface area contributed by atoms with Crippen molar-refractivity contribution in [2.24, 2.45) is 12.0 Å². The summed E-state index contributed by atoms with van der Waals surface area (Å²) in [6, 6.07) is 4.11. The molecule has 1 amide bonds. The first-order chi connectivity index (χ1) is 12.9. The number of guanidine groups is 1. The number of rotatable bonds is 8. The van der Waals surface area contributed by atoms with Crippen LogP contribution in [0, 0.1) is 13.8 Å². The lowest BCUT2D eigenvalue weighted by Crippen LogP contribution is -2.38. The summed E-state index contributed by atoms with van der Waals surface area (Å²) < 4.78 is 1.93. The minimum atomic E-state index is -0.0196. The number of likely N-dealkylation sites (N-methyl/N-ethyl adjacent to an activating group) is 1. The van der Waals surface area contributed by atoms with Crippen LogP contribution in [-0.2, 0) is 24.8 Å². The normalized spacial score (nSPS) is 11.1. The molecule has 28 heavy (non-hydrogen) atoms. The van der Waals surface area contributed by atoms with E-state index in [4.69, 9.17) is 0 Å². The van der Waals surface area contributed by atoms with Crippen molar-refractivity contribution < 1.29 is 4.79 Å². The number of halogens is 1. The van der Waals surface area contributed by atoms with E-state index in [1.807, 2.05) is 17.8 Å². The average molecular weight is 518 g/mol. The maximum Gasteiger partial charge on any atom is 0.243 e. The van der Waals surface area contributed by atoms with Crippen molar-refractivity contribution in [3.8, 4) is 0 Å².